The van der Waals surface area contributed by atoms with Gasteiger partial charge in [0.2, 0.25) is 0 Å². The Balaban J connectivity index is 1.99. The first-order valence-electron chi connectivity index (χ1n) is 6.75. The number of carboxylic acid groups (broad SMARTS) is 1. The monoisotopic (exact) mass is 314 g/mol. The van der Waals surface area contributed by atoms with Crippen molar-refractivity contribution < 1.29 is 23.4 Å². The van der Waals surface area contributed by atoms with Crippen LogP contribution < -0.4 is 4.72 Å². The third-order valence-corrected chi connectivity index (χ3v) is 4.91. The highest BCUT2D eigenvalue weighted by atomic mass is 32.2. The standard InChI is InChI=1S/C13H18N2O5S/c16-11-3-1-2-9(6-11)7-15-21(19,20)12-5-4-10(8-14-12)13(17)18/h4-5,8-9,11,15-16H,1-3,6-7H2,(H,17,18). The van der Waals surface area contributed by atoms with Gasteiger partial charge in [-0.1, -0.05) is 6.42 Å². The van der Waals surface area contributed by atoms with E-state index in [1.807, 2.05) is 0 Å². The molecule has 0 bridgehead atoms. The number of aliphatic hydroxyl groups excluding tert-OH is 1. The molecule has 8 heteroatoms. The Morgan fingerprint density at radius 1 is 1.38 bits per heavy atom. The van der Waals surface area contributed by atoms with Gasteiger partial charge in [0.15, 0.2) is 5.03 Å². The van der Waals surface area contributed by atoms with Gasteiger partial charge in [-0.05, 0) is 37.3 Å². The van der Waals surface area contributed by atoms with E-state index in [1.54, 1.807) is 0 Å². The number of pyridine rings is 1. The maximum Gasteiger partial charge on any atom is 0.337 e. The number of nitrogens with one attached hydrogen (secondary N) is 1. The van der Waals surface area contributed by atoms with Crippen molar-refractivity contribution in [3.05, 3.63) is 23.9 Å². The average molecular weight is 314 g/mol. The normalized spacial score (nSPS) is 22.9. The molecule has 0 radical (unpaired) electrons. The van der Waals surface area contributed by atoms with Gasteiger partial charge in [0.25, 0.3) is 10.0 Å². The molecule has 1 saturated carbocycles. The van der Waals surface area contributed by atoms with E-state index in [4.69, 9.17) is 5.11 Å². The number of hydrogen-bond donors (Lipinski definition) is 3. The first-order chi connectivity index (χ1) is 9.88. The Hall–Kier alpha value is -1.51. The number of carbonyl (C=O) groups is 1. The number of sulfonamides is 1. The molecule has 0 aliphatic heterocycles. The molecule has 1 aromatic heterocycles. The van der Waals surface area contributed by atoms with E-state index in [0.29, 0.717) is 6.42 Å². The van der Waals surface area contributed by atoms with Crippen LogP contribution in [0.4, 0.5) is 0 Å². The van der Waals surface area contributed by atoms with Gasteiger partial charge in [0.05, 0.1) is 11.7 Å². The van der Waals surface area contributed by atoms with Crippen LogP contribution in [0.15, 0.2) is 23.4 Å². The maximum absolute atomic E-state index is 12.1. The Bertz CT molecular complexity index is 599. The van der Waals surface area contributed by atoms with Crippen molar-refractivity contribution in [3.8, 4) is 0 Å². The molecule has 7 nitrogen and oxygen atoms in total. The van der Waals surface area contributed by atoms with Crippen LogP contribution in [0.25, 0.3) is 0 Å². The molecule has 0 saturated heterocycles. The van der Waals surface area contributed by atoms with E-state index in [0.717, 1.165) is 25.5 Å². The minimum Gasteiger partial charge on any atom is -0.478 e. The Morgan fingerprint density at radius 2 is 2.14 bits per heavy atom. The second-order valence-corrected chi connectivity index (χ2v) is 6.94. The Labute approximate surface area is 123 Å². The van der Waals surface area contributed by atoms with Gasteiger partial charge < -0.3 is 10.2 Å². The summed E-state index contributed by atoms with van der Waals surface area (Å²) in [4.78, 5) is 14.4. The zero-order valence-electron chi connectivity index (χ0n) is 11.4. The fraction of sp³-hybridized carbons (Fsp3) is 0.538. The summed E-state index contributed by atoms with van der Waals surface area (Å²) in [6, 6.07) is 2.37. The summed E-state index contributed by atoms with van der Waals surface area (Å²) in [5.41, 5.74) is -0.0654. The van der Waals surface area contributed by atoms with E-state index in [-0.39, 0.29) is 29.2 Å². The summed E-state index contributed by atoms with van der Waals surface area (Å²) in [5, 5.41) is 18.1. The van der Waals surface area contributed by atoms with Crippen molar-refractivity contribution in [1.82, 2.24) is 9.71 Å². The molecular formula is C13H18N2O5S. The lowest BCUT2D eigenvalue weighted by Crippen LogP contribution is -2.33. The van der Waals surface area contributed by atoms with Crippen LogP contribution >= 0.6 is 0 Å². The van der Waals surface area contributed by atoms with E-state index >= 15 is 0 Å². The third kappa shape index (κ3) is 4.23. The average Bonchev–Trinajstić information content (AvgIpc) is 2.45. The maximum atomic E-state index is 12.1. The van der Waals surface area contributed by atoms with Crippen molar-refractivity contribution in [1.29, 1.82) is 0 Å². The summed E-state index contributed by atoms with van der Waals surface area (Å²) in [7, 11) is -3.76. The van der Waals surface area contributed by atoms with Crippen LogP contribution in [0.3, 0.4) is 0 Å². The van der Waals surface area contributed by atoms with Gasteiger partial charge >= 0.3 is 5.97 Å². The molecule has 2 atom stereocenters. The largest absolute Gasteiger partial charge is 0.478 e. The molecule has 0 aromatic carbocycles. The van der Waals surface area contributed by atoms with Crippen LogP contribution in [0, 0.1) is 5.92 Å². The minimum absolute atomic E-state index is 0.0654. The predicted molar refractivity (Wildman–Crippen MR) is 74.3 cm³/mol. The van der Waals surface area contributed by atoms with Crippen LogP contribution in [0.2, 0.25) is 0 Å². The second-order valence-electron chi connectivity index (χ2n) is 5.23. The van der Waals surface area contributed by atoms with Crippen molar-refractivity contribution in [2.75, 3.05) is 6.54 Å². The molecule has 1 heterocycles. The minimum atomic E-state index is -3.76. The zero-order chi connectivity index (χ0) is 15.5. The molecule has 1 aliphatic rings. The summed E-state index contributed by atoms with van der Waals surface area (Å²) in [6.45, 7) is 0.252. The highest BCUT2D eigenvalue weighted by Gasteiger charge is 2.23. The van der Waals surface area contributed by atoms with E-state index in [1.165, 1.54) is 12.1 Å². The Morgan fingerprint density at radius 3 is 2.71 bits per heavy atom. The third-order valence-electron chi connectivity index (χ3n) is 3.58. The van der Waals surface area contributed by atoms with Gasteiger partial charge in [-0.2, -0.15) is 0 Å². The van der Waals surface area contributed by atoms with Gasteiger partial charge in [-0.15, -0.1) is 0 Å². The van der Waals surface area contributed by atoms with Gasteiger partial charge in [-0.25, -0.2) is 22.9 Å². The second kappa shape index (κ2) is 6.50. The van der Waals surface area contributed by atoms with E-state index in [2.05, 4.69) is 9.71 Å². The smallest absolute Gasteiger partial charge is 0.337 e. The predicted octanol–water partition coefficient (Wildman–Crippen LogP) is 0.609. The quantitative estimate of drug-likeness (QED) is 0.733. The molecule has 1 fully saturated rings. The Kier molecular flexibility index (Phi) is 4.92. The van der Waals surface area contributed by atoms with E-state index < -0.39 is 16.0 Å². The molecule has 116 valence electrons. The summed E-state index contributed by atoms with van der Waals surface area (Å²) in [6.07, 6.45) is 3.78. The molecule has 2 rings (SSSR count). The summed E-state index contributed by atoms with van der Waals surface area (Å²) >= 11 is 0. The first kappa shape index (κ1) is 15.9. The van der Waals surface area contributed by atoms with Gasteiger partial charge in [-0.3, -0.25) is 0 Å². The topological polar surface area (TPSA) is 117 Å². The van der Waals surface area contributed by atoms with Crippen LogP contribution in [-0.4, -0.2) is 42.2 Å². The number of aliphatic hydroxyl groups is 1. The van der Waals surface area contributed by atoms with E-state index in [9.17, 15) is 18.3 Å². The number of aromatic carboxylic acids is 1. The van der Waals surface area contributed by atoms with Gasteiger partial charge in [0, 0.05) is 12.7 Å². The number of rotatable bonds is 5. The van der Waals surface area contributed by atoms with Crippen LogP contribution in [0.1, 0.15) is 36.0 Å². The molecule has 3 N–H and O–H groups in total. The molecule has 0 amide bonds. The molecule has 2 unspecified atom stereocenters. The van der Waals surface area contributed by atoms with Crippen molar-refractivity contribution in [3.63, 3.8) is 0 Å². The number of aromatic nitrogens is 1. The number of hydrogen-bond acceptors (Lipinski definition) is 5. The van der Waals surface area contributed by atoms with Crippen LogP contribution in [-0.2, 0) is 10.0 Å². The lowest BCUT2D eigenvalue weighted by atomic mass is 9.87. The zero-order valence-corrected chi connectivity index (χ0v) is 12.2. The summed E-state index contributed by atoms with van der Waals surface area (Å²) in [5.74, 6) is -1.04. The molecular weight excluding hydrogens is 296 g/mol. The van der Waals surface area contributed by atoms with Crippen molar-refractivity contribution >= 4 is 16.0 Å². The van der Waals surface area contributed by atoms with Gasteiger partial charge in [0.1, 0.15) is 0 Å². The lowest BCUT2D eigenvalue weighted by Gasteiger charge is -2.25. The SMILES string of the molecule is O=C(O)c1ccc(S(=O)(=O)NCC2CCCC(O)C2)nc1. The first-order valence-corrected chi connectivity index (χ1v) is 8.24. The van der Waals surface area contributed by atoms with Crippen molar-refractivity contribution in [2.45, 2.75) is 36.8 Å². The summed E-state index contributed by atoms with van der Waals surface area (Å²) < 4.78 is 26.6. The fourth-order valence-electron chi connectivity index (χ4n) is 2.42. The molecule has 0 spiro atoms. The highest BCUT2D eigenvalue weighted by molar-refractivity contribution is 7.89. The highest BCUT2D eigenvalue weighted by Crippen LogP contribution is 2.23. The lowest BCUT2D eigenvalue weighted by molar-refractivity contribution is 0.0696. The fourth-order valence-corrected chi connectivity index (χ4v) is 3.46. The number of carboxylic acids is 1. The molecule has 1 aromatic rings. The molecule has 1 aliphatic carbocycles. The van der Waals surface area contributed by atoms with Crippen LogP contribution in [0.5, 0.6) is 0 Å². The molecule has 21 heavy (non-hydrogen) atoms. The van der Waals surface area contributed by atoms with Crippen molar-refractivity contribution in [2.24, 2.45) is 5.92 Å². The number of nitrogens with zero attached hydrogens (tertiary/aromatic N) is 1.